The summed E-state index contributed by atoms with van der Waals surface area (Å²) in [5.41, 5.74) is 0.133. The molecule has 0 fully saturated rings. The summed E-state index contributed by atoms with van der Waals surface area (Å²) in [4.78, 5) is 3.54. The summed E-state index contributed by atoms with van der Waals surface area (Å²) in [5.74, 6) is 0. The van der Waals surface area contributed by atoms with Crippen molar-refractivity contribution in [1.82, 2.24) is 4.98 Å². The van der Waals surface area contributed by atoms with Gasteiger partial charge in [-0.05, 0) is 6.92 Å². The Labute approximate surface area is 89.4 Å². The fourth-order valence-electron chi connectivity index (χ4n) is 1.52. The first-order valence-corrected chi connectivity index (χ1v) is 10.0. The molecule has 0 rings (SSSR count). The Hall–Kier alpha value is 0.274. The summed E-state index contributed by atoms with van der Waals surface area (Å²) >= 11 is 0. The van der Waals surface area contributed by atoms with Crippen LogP contribution in [-0.2, 0) is 13.3 Å². The molecule has 0 amide bonds. The summed E-state index contributed by atoms with van der Waals surface area (Å²) < 4.78 is 16.2. The van der Waals surface area contributed by atoms with Crippen molar-refractivity contribution in [1.29, 1.82) is 0 Å². The topological polar surface area (TPSA) is 39.7 Å². The normalized spacial score (nSPS) is 15.6. The minimum Gasteiger partial charge on any atom is -0.376 e. The molecule has 0 saturated heterocycles. The minimum absolute atomic E-state index is 0.133. The molecular weight excluding hydrogens is 214 g/mol. The maximum absolute atomic E-state index is 5.40. The molecule has 0 aromatic carbocycles. The monoisotopic (exact) mass is 237 g/mol. The van der Waals surface area contributed by atoms with Crippen LogP contribution in [0, 0.1) is 0 Å². The summed E-state index contributed by atoms with van der Waals surface area (Å²) in [7, 11) is 1.08. The average Bonchev–Trinajstić information content (AvgIpc) is 2.05. The lowest BCUT2D eigenvalue weighted by atomic mass is 10.8. The van der Waals surface area contributed by atoms with Gasteiger partial charge in [-0.2, -0.15) is 0 Å². The van der Waals surface area contributed by atoms with Gasteiger partial charge >= 0.3 is 8.80 Å². The lowest BCUT2D eigenvalue weighted by Gasteiger charge is -2.34. The third-order valence-electron chi connectivity index (χ3n) is 2.03. The van der Waals surface area contributed by atoms with E-state index < -0.39 is 17.0 Å². The first kappa shape index (κ1) is 14.3. The van der Waals surface area contributed by atoms with E-state index in [9.17, 15) is 0 Å². The Morgan fingerprint density at radius 2 is 1.29 bits per heavy atom. The zero-order valence-corrected chi connectivity index (χ0v) is 12.3. The maximum Gasteiger partial charge on any atom is 0.517 e. The molecule has 0 saturated carbocycles. The highest BCUT2D eigenvalue weighted by Gasteiger charge is 2.45. The van der Waals surface area contributed by atoms with Gasteiger partial charge in [0.15, 0.2) is 0 Å². The number of hydrogen-bond acceptors (Lipinski definition) is 4. The van der Waals surface area contributed by atoms with E-state index in [1.165, 1.54) is 0 Å². The lowest BCUT2D eigenvalue weighted by Crippen LogP contribution is -2.63. The van der Waals surface area contributed by atoms with E-state index in [-0.39, 0.29) is 5.67 Å². The van der Waals surface area contributed by atoms with E-state index in [0.717, 1.165) is 0 Å². The Morgan fingerprint density at radius 3 is 1.50 bits per heavy atom. The van der Waals surface area contributed by atoms with Gasteiger partial charge < -0.3 is 18.3 Å². The van der Waals surface area contributed by atoms with Crippen molar-refractivity contribution < 1.29 is 13.3 Å². The fraction of sp³-hybridized carbons (Fsp3) is 1.00. The van der Waals surface area contributed by atoms with Crippen LogP contribution in [0.2, 0.25) is 19.6 Å². The molecule has 14 heavy (non-hydrogen) atoms. The second-order valence-electron chi connectivity index (χ2n) is 4.33. The van der Waals surface area contributed by atoms with Gasteiger partial charge in [0.25, 0.3) is 0 Å². The highest BCUT2D eigenvalue weighted by molar-refractivity contribution is 6.75. The van der Waals surface area contributed by atoms with Crippen molar-refractivity contribution in [3.63, 3.8) is 0 Å². The molecule has 0 heterocycles. The van der Waals surface area contributed by atoms with Gasteiger partial charge in [-0.3, -0.25) is 0 Å². The molecule has 0 radical (unpaired) electrons. The molecular formula is C8H23NO3Si2. The third kappa shape index (κ3) is 3.80. The van der Waals surface area contributed by atoms with Crippen LogP contribution in [0.3, 0.4) is 0 Å². The molecule has 0 bridgehead atoms. The first-order chi connectivity index (χ1) is 6.31. The van der Waals surface area contributed by atoms with Gasteiger partial charge in [0.2, 0.25) is 0 Å². The molecule has 0 aliphatic rings. The molecule has 1 atom stereocenters. The Morgan fingerprint density at radius 1 is 0.929 bits per heavy atom. The van der Waals surface area contributed by atoms with Gasteiger partial charge in [-0.25, -0.2) is 0 Å². The standard InChI is InChI=1S/C8H23NO3Si2/c1-8(9-13(5,6)7)14(10-2,11-3)12-4/h8-9H,1-7H3. The van der Waals surface area contributed by atoms with Crippen molar-refractivity contribution in [3.8, 4) is 0 Å². The van der Waals surface area contributed by atoms with E-state index in [0.29, 0.717) is 0 Å². The largest absolute Gasteiger partial charge is 0.517 e. The van der Waals surface area contributed by atoms with Crippen LogP contribution in [0.15, 0.2) is 0 Å². The number of rotatable bonds is 6. The molecule has 0 aliphatic carbocycles. The number of hydrogen-bond donors (Lipinski definition) is 1. The highest BCUT2D eigenvalue weighted by atomic mass is 28.4. The van der Waals surface area contributed by atoms with Crippen molar-refractivity contribution in [2.75, 3.05) is 21.3 Å². The molecule has 86 valence electrons. The number of nitrogens with one attached hydrogen (secondary N) is 1. The molecule has 6 heteroatoms. The van der Waals surface area contributed by atoms with Crippen molar-refractivity contribution >= 4 is 17.0 Å². The van der Waals surface area contributed by atoms with Gasteiger partial charge in [-0.1, -0.05) is 19.6 Å². The van der Waals surface area contributed by atoms with E-state index in [1.807, 2.05) is 0 Å². The summed E-state index contributed by atoms with van der Waals surface area (Å²) in [5, 5.41) is 0. The first-order valence-electron chi connectivity index (χ1n) is 4.74. The van der Waals surface area contributed by atoms with Crippen LogP contribution in [-0.4, -0.2) is 44.0 Å². The fourth-order valence-corrected chi connectivity index (χ4v) is 6.38. The van der Waals surface area contributed by atoms with E-state index in [4.69, 9.17) is 13.3 Å². The molecule has 0 aromatic heterocycles. The predicted octanol–water partition coefficient (Wildman–Crippen LogP) is 1.22. The summed E-state index contributed by atoms with van der Waals surface area (Å²) in [6.45, 7) is 8.78. The zero-order valence-electron chi connectivity index (χ0n) is 10.3. The van der Waals surface area contributed by atoms with Crippen molar-refractivity contribution in [3.05, 3.63) is 0 Å². The van der Waals surface area contributed by atoms with Gasteiger partial charge in [-0.15, -0.1) is 0 Å². The minimum atomic E-state index is -2.51. The average molecular weight is 237 g/mol. The molecule has 1 N–H and O–H groups in total. The molecule has 4 nitrogen and oxygen atoms in total. The van der Waals surface area contributed by atoms with Crippen LogP contribution in [0.1, 0.15) is 6.92 Å². The van der Waals surface area contributed by atoms with Gasteiger partial charge in [0.1, 0.15) is 8.24 Å². The van der Waals surface area contributed by atoms with E-state index in [2.05, 4.69) is 31.5 Å². The Balaban J connectivity index is 4.52. The van der Waals surface area contributed by atoms with Crippen LogP contribution in [0.5, 0.6) is 0 Å². The second kappa shape index (κ2) is 5.38. The zero-order chi connectivity index (χ0) is 11.4. The molecule has 0 aliphatic heterocycles. The van der Waals surface area contributed by atoms with E-state index in [1.54, 1.807) is 21.3 Å². The summed E-state index contributed by atoms with van der Waals surface area (Å²) in [6.07, 6.45) is 0. The van der Waals surface area contributed by atoms with Crippen LogP contribution in [0.4, 0.5) is 0 Å². The maximum atomic E-state index is 5.40. The van der Waals surface area contributed by atoms with Crippen molar-refractivity contribution in [2.45, 2.75) is 32.2 Å². The highest BCUT2D eigenvalue weighted by Crippen LogP contribution is 2.13. The predicted molar refractivity (Wildman–Crippen MR) is 62.7 cm³/mol. The lowest BCUT2D eigenvalue weighted by molar-refractivity contribution is 0.112. The van der Waals surface area contributed by atoms with E-state index >= 15 is 0 Å². The molecule has 0 aromatic rings. The van der Waals surface area contributed by atoms with Gasteiger partial charge in [0.05, 0.1) is 5.67 Å². The Kier molecular flexibility index (Phi) is 5.49. The smallest absolute Gasteiger partial charge is 0.376 e. The molecule has 0 spiro atoms. The van der Waals surface area contributed by atoms with Crippen LogP contribution < -0.4 is 4.98 Å². The quantitative estimate of drug-likeness (QED) is 0.705. The summed E-state index contributed by atoms with van der Waals surface area (Å²) in [6, 6.07) is 0. The molecule has 1 unspecified atom stereocenters. The van der Waals surface area contributed by atoms with Crippen LogP contribution in [0.25, 0.3) is 0 Å². The van der Waals surface area contributed by atoms with Crippen LogP contribution >= 0.6 is 0 Å². The third-order valence-corrected chi connectivity index (χ3v) is 6.53. The van der Waals surface area contributed by atoms with Gasteiger partial charge in [0, 0.05) is 21.3 Å². The van der Waals surface area contributed by atoms with Crippen molar-refractivity contribution in [2.24, 2.45) is 0 Å². The Bertz CT molecular complexity index is 160. The second-order valence-corrected chi connectivity index (χ2v) is 12.4. The SMILES string of the molecule is CO[Si](OC)(OC)C(C)N[Si](C)(C)C.